The molecule has 174 valence electrons. The number of anilines is 1. The molecular formula is C26H30N2O4S. The molecule has 0 saturated carbocycles. The standard InChI is InChI=1S/C26H30N2O4S/c1-20(2)16-18-32-24-10-6-9-22(19-24)26(29)28-23-11-13-25(14-12-23)33(30,31)27-17-15-21-7-4-3-5-8-21/h3-14,19-20,27H,15-18H2,1-2H3,(H,28,29). The molecule has 1 amide bonds. The third kappa shape index (κ3) is 7.73. The summed E-state index contributed by atoms with van der Waals surface area (Å²) >= 11 is 0. The molecule has 0 aliphatic rings. The van der Waals surface area contributed by atoms with Crippen LogP contribution in [0.5, 0.6) is 5.75 Å². The number of sulfonamides is 1. The lowest BCUT2D eigenvalue weighted by Gasteiger charge is -2.11. The van der Waals surface area contributed by atoms with Crippen LogP contribution in [0.2, 0.25) is 0 Å². The SMILES string of the molecule is CC(C)CCOc1cccc(C(=O)Nc2ccc(S(=O)(=O)NCCc3ccccc3)cc2)c1. The lowest BCUT2D eigenvalue weighted by Crippen LogP contribution is -2.26. The number of carbonyl (C=O) groups excluding carboxylic acids is 1. The Hall–Kier alpha value is -3.16. The Morgan fingerprint density at radius 1 is 0.939 bits per heavy atom. The fourth-order valence-electron chi connectivity index (χ4n) is 3.12. The molecule has 0 aliphatic carbocycles. The van der Waals surface area contributed by atoms with Crippen LogP contribution in [0.25, 0.3) is 0 Å². The Kier molecular flexibility index (Phi) is 8.63. The van der Waals surface area contributed by atoms with Crippen LogP contribution in [0, 0.1) is 5.92 Å². The first-order chi connectivity index (χ1) is 15.8. The molecule has 0 radical (unpaired) electrons. The zero-order valence-electron chi connectivity index (χ0n) is 19.0. The summed E-state index contributed by atoms with van der Waals surface area (Å²) < 4.78 is 33.4. The van der Waals surface area contributed by atoms with Gasteiger partial charge in [0.2, 0.25) is 10.0 Å². The second kappa shape index (κ2) is 11.6. The molecule has 0 unspecified atom stereocenters. The van der Waals surface area contributed by atoms with Crippen molar-refractivity contribution < 1.29 is 17.9 Å². The van der Waals surface area contributed by atoms with Gasteiger partial charge < -0.3 is 10.1 Å². The number of carbonyl (C=O) groups is 1. The topological polar surface area (TPSA) is 84.5 Å². The normalized spacial score (nSPS) is 11.4. The summed E-state index contributed by atoms with van der Waals surface area (Å²) in [5, 5.41) is 2.79. The molecular weight excluding hydrogens is 436 g/mol. The van der Waals surface area contributed by atoms with Crippen molar-refractivity contribution in [3.63, 3.8) is 0 Å². The van der Waals surface area contributed by atoms with Gasteiger partial charge in [0.1, 0.15) is 5.75 Å². The van der Waals surface area contributed by atoms with Crippen molar-refractivity contribution in [1.29, 1.82) is 0 Å². The maximum atomic E-state index is 12.6. The van der Waals surface area contributed by atoms with Gasteiger partial charge in [0.05, 0.1) is 11.5 Å². The van der Waals surface area contributed by atoms with Crippen LogP contribution in [0.4, 0.5) is 5.69 Å². The predicted octanol–water partition coefficient (Wildman–Crippen LogP) is 4.88. The van der Waals surface area contributed by atoms with E-state index < -0.39 is 10.0 Å². The molecule has 0 fully saturated rings. The Morgan fingerprint density at radius 2 is 1.67 bits per heavy atom. The van der Waals surface area contributed by atoms with Crippen molar-refractivity contribution in [3.8, 4) is 5.75 Å². The van der Waals surface area contributed by atoms with Gasteiger partial charge >= 0.3 is 0 Å². The van der Waals surface area contributed by atoms with Crippen LogP contribution in [0.3, 0.4) is 0 Å². The minimum absolute atomic E-state index is 0.147. The van der Waals surface area contributed by atoms with Crippen LogP contribution >= 0.6 is 0 Å². The second-order valence-electron chi connectivity index (χ2n) is 8.17. The molecule has 7 heteroatoms. The maximum Gasteiger partial charge on any atom is 0.255 e. The molecule has 0 aliphatic heterocycles. The maximum absolute atomic E-state index is 12.6. The van der Waals surface area contributed by atoms with Gasteiger partial charge in [0.15, 0.2) is 0 Å². The third-order valence-corrected chi connectivity index (χ3v) is 6.51. The van der Waals surface area contributed by atoms with E-state index in [1.54, 1.807) is 30.3 Å². The average molecular weight is 467 g/mol. The minimum Gasteiger partial charge on any atom is -0.494 e. The number of hydrogen-bond donors (Lipinski definition) is 2. The highest BCUT2D eigenvalue weighted by Crippen LogP contribution is 2.18. The van der Waals surface area contributed by atoms with Crippen LogP contribution < -0.4 is 14.8 Å². The van der Waals surface area contributed by atoms with Gasteiger partial charge in [-0.15, -0.1) is 0 Å². The summed E-state index contributed by atoms with van der Waals surface area (Å²) in [5.74, 6) is 0.898. The van der Waals surface area contributed by atoms with E-state index in [0.717, 1.165) is 12.0 Å². The van der Waals surface area contributed by atoms with E-state index in [1.807, 2.05) is 36.4 Å². The van der Waals surface area contributed by atoms with Gasteiger partial charge in [-0.25, -0.2) is 13.1 Å². The lowest BCUT2D eigenvalue weighted by molar-refractivity contribution is 0.102. The van der Waals surface area contributed by atoms with Crippen LogP contribution in [-0.2, 0) is 16.4 Å². The van der Waals surface area contributed by atoms with Gasteiger partial charge in [-0.1, -0.05) is 50.2 Å². The zero-order chi connectivity index (χ0) is 23.7. The number of hydrogen-bond acceptors (Lipinski definition) is 4. The molecule has 0 saturated heterocycles. The molecule has 0 bridgehead atoms. The van der Waals surface area contributed by atoms with Crippen molar-refractivity contribution >= 4 is 21.6 Å². The first-order valence-electron chi connectivity index (χ1n) is 11.0. The molecule has 3 aromatic carbocycles. The highest BCUT2D eigenvalue weighted by molar-refractivity contribution is 7.89. The van der Waals surface area contributed by atoms with Gasteiger partial charge in [0.25, 0.3) is 5.91 Å². The second-order valence-corrected chi connectivity index (χ2v) is 9.94. The summed E-state index contributed by atoms with van der Waals surface area (Å²) in [4.78, 5) is 12.8. The fraction of sp³-hybridized carbons (Fsp3) is 0.269. The van der Waals surface area contributed by atoms with Crippen LogP contribution in [0.1, 0.15) is 36.2 Å². The van der Waals surface area contributed by atoms with Crippen LogP contribution in [0.15, 0.2) is 83.8 Å². The van der Waals surface area contributed by atoms with E-state index in [0.29, 0.717) is 42.5 Å². The lowest BCUT2D eigenvalue weighted by atomic mass is 10.1. The van der Waals surface area contributed by atoms with E-state index >= 15 is 0 Å². The van der Waals surface area contributed by atoms with Crippen molar-refractivity contribution in [2.24, 2.45) is 5.92 Å². The van der Waals surface area contributed by atoms with Gasteiger partial charge in [0, 0.05) is 17.8 Å². The Morgan fingerprint density at radius 3 is 2.36 bits per heavy atom. The first kappa shape index (κ1) is 24.5. The fourth-order valence-corrected chi connectivity index (χ4v) is 4.15. The molecule has 0 spiro atoms. The quantitative estimate of drug-likeness (QED) is 0.422. The van der Waals surface area contributed by atoms with Crippen molar-refractivity contribution in [1.82, 2.24) is 4.72 Å². The number of rotatable bonds is 11. The van der Waals surface area contributed by atoms with E-state index in [2.05, 4.69) is 23.9 Å². The van der Waals surface area contributed by atoms with E-state index in [4.69, 9.17) is 4.74 Å². The van der Waals surface area contributed by atoms with Crippen molar-refractivity contribution in [2.45, 2.75) is 31.6 Å². The number of ether oxygens (including phenoxy) is 1. The molecule has 0 aromatic heterocycles. The van der Waals surface area contributed by atoms with Crippen molar-refractivity contribution in [2.75, 3.05) is 18.5 Å². The Balaban J connectivity index is 1.55. The molecule has 33 heavy (non-hydrogen) atoms. The molecule has 6 nitrogen and oxygen atoms in total. The predicted molar refractivity (Wildman–Crippen MR) is 131 cm³/mol. The highest BCUT2D eigenvalue weighted by atomic mass is 32.2. The summed E-state index contributed by atoms with van der Waals surface area (Å²) in [6, 6.07) is 22.8. The van der Waals surface area contributed by atoms with E-state index in [1.165, 1.54) is 12.1 Å². The molecule has 2 N–H and O–H groups in total. The first-order valence-corrected chi connectivity index (χ1v) is 12.5. The summed E-state index contributed by atoms with van der Waals surface area (Å²) in [7, 11) is -3.63. The minimum atomic E-state index is -3.63. The molecule has 3 aromatic rings. The molecule has 0 heterocycles. The zero-order valence-corrected chi connectivity index (χ0v) is 19.8. The van der Waals surface area contributed by atoms with Crippen molar-refractivity contribution in [3.05, 3.63) is 90.0 Å². The van der Waals surface area contributed by atoms with E-state index in [-0.39, 0.29) is 10.8 Å². The Labute approximate surface area is 196 Å². The average Bonchev–Trinajstić information content (AvgIpc) is 2.80. The highest BCUT2D eigenvalue weighted by Gasteiger charge is 2.14. The smallest absolute Gasteiger partial charge is 0.255 e. The summed E-state index contributed by atoms with van der Waals surface area (Å²) in [6.45, 7) is 5.16. The third-order valence-electron chi connectivity index (χ3n) is 5.03. The Bertz CT molecular complexity index is 1140. The van der Waals surface area contributed by atoms with Gasteiger partial charge in [-0.2, -0.15) is 0 Å². The van der Waals surface area contributed by atoms with Crippen LogP contribution in [-0.4, -0.2) is 27.5 Å². The molecule has 3 rings (SSSR count). The monoisotopic (exact) mass is 466 g/mol. The number of nitrogens with one attached hydrogen (secondary N) is 2. The summed E-state index contributed by atoms with van der Waals surface area (Å²) in [5.41, 5.74) is 2.04. The number of amides is 1. The largest absolute Gasteiger partial charge is 0.494 e. The molecule has 0 atom stereocenters. The van der Waals surface area contributed by atoms with Gasteiger partial charge in [-0.3, -0.25) is 4.79 Å². The summed E-state index contributed by atoms with van der Waals surface area (Å²) in [6.07, 6.45) is 1.54. The van der Waals surface area contributed by atoms with Gasteiger partial charge in [-0.05, 0) is 66.8 Å². The van der Waals surface area contributed by atoms with E-state index in [9.17, 15) is 13.2 Å². The number of benzene rings is 3.